The SMILES string of the molecule is COc1cccc(C(=O)Nc2ccc(N3CCN(c4ccccc4)C3=O)nc2)c1. The number of nitrogens with one attached hydrogen (secondary N) is 1. The molecule has 0 unspecified atom stereocenters. The Morgan fingerprint density at radius 3 is 2.52 bits per heavy atom. The van der Waals surface area contributed by atoms with Crippen molar-refractivity contribution in [2.75, 3.05) is 35.3 Å². The Balaban J connectivity index is 1.44. The van der Waals surface area contributed by atoms with Crippen LogP contribution in [0.15, 0.2) is 72.9 Å². The first-order chi connectivity index (χ1) is 14.2. The molecule has 2 heterocycles. The molecule has 146 valence electrons. The van der Waals surface area contributed by atoms with Crippen LogP contribution in [0, 0.1) is 0 Å². The molecule has 7 heteroatoms. The first-order valence-electron chi connectivity index (χ1n) is 9.21. The molecule has 0 bridgehead atoms. The highest BCUT2D eigenvalue weighted by Crippen LogP contribution is 2.24. The normalized spacial score (nSPS) is 13.5. The van der Waals surface area contributed by atoms with Crippen LogP contribution in [-0.2, 0) is 0 Å². The molecule has 1 aliphatic rings. The standard InChI is InChI=1S/C22H20N4O3/c1-29-19-9-5-6-16(14-19)21(27)24-17-10-11-20(23-15-17)26-13-12-25(22(26)28)18-7-3-2-4-8-18/h2-11,14-15H,12-13H2,1H3,(H,24,27). The predicted octanol–water partition coefficient (Wildman–Crippen LogP) is 3.79. The van der Waals surface area contributed by atoms with Crippen LogP contribution in [0.25, 0.3) is 0 Å². The van der Waals surface area contributed by atoms with Gasteiger partial charge >= 0.3 is 6.03 Å². The van der Waals surface area contributed by atoms with Gasteiger partial charge in [0.2, 0.25) is 0 Å². The number of urea groups is 1. The highest BCUT2D eigenvalue weighted by atomic mass is 16.5. The van der Waals surface area contributed by atoms with Crippen LogP contribution in [-0.4, -0.2) is 37.1 Å². The lowest BCUT2D eigenvalue weighted by Gasteiger charge is -2.18. The highest BCUT2D eigenvalue weighted by molar-refractivity contribution is 6.06. The van der Waals surface area contributed by atoms with Crippen molar-refractivity contribution in [3.05, 3.63) is 78.5 Å². The molecule has 7 nitrogen and oxygen atoms in total. The third kappa shape index (κ3) is 3.89. The smallest absolute Gasteiger partial charge is 0.330 e. The summed E-state index contributed by atoms with van der Waals surface area (Å²) in [7, 11) is 1.55. The second-order valence-corrected chi connectivity index (χ2v) is 6.51. The number of benzene rings is 2. The zero-order valence-corrected chi connectivity index (χ0v) is 15.9. The van der Waals surface area contributed by atoms with E-state index in [9.17, 15) is 9.59 Å². The maximum Gasteiger partial charge on any atom is 0.330 e. The molecule has 0 saturated carbocycles. The molecular weight excluding hydrogens is 368 g/mol. The molecule has 4 rings (SSSR count). The summed E-state index contributed by atoms with van der Waals surface area (Å²) in [6.07, 6.45) is 1.55. The van der Waals surface area contributed by atoms with E-state index in [1.54, 1.807) is 59.5 Å². The number of anilines is 3. The summed E-state index contributed by atoms with van der Waals surface area (Å²) in [6, 6.07) is 19.8. The number of carbonyl (C=O) groups excluding carboxylic acids is 2. The first-order valence-corrected chi connectivity index (χ1v) is 9.21. The third-order valence-electron chi connectivity index (χ3n) is 4.69. The number of rotatable bonds is 5. The molecule has 0 radical (unpaired) electrons. The van der Waals surface area contributed by atoms with E-state index in [0.717, 1.165) is 5.69 Å². The van der Waals surface area contributed by atoms with Gasteiger partial charge in [0.25, 0.3) is 5.91 Å². The summed E-state index contributed by atoms with van der Waals surface area (Å²) in [5, 5.41) is 2.80. The Labute approximate surface area is 168 Å². The molecule has 1 aliphatic heterocycles. The minimum atomic E-state index is -0.258. The quantitative estimate of drug-likeness (QED) is 0.722. The van der Waals surface area contributed by atoms with Crippen LogP contribution in [0.2, 0.25) is 0 Å². The number of hydrogen-bond donors (Lipinski definition) is 1. The highest BCUT2D eigenvalue weighted by Gasteiger charge is 2.31. The van der Waals surface area contributed by atoms with E-state index in [-0.39, 0.29) is 11.9 Å². The summed E-state index contributed by atoms with van der Waals surface area (Å²) in [6.45, 7) is 1.15. The van der Waals surface area contributed by atoms with E-state index in [1.165, 1.54) is 0 Å². The van der Waals surface area contributed by atoms with Crippen LogP contribution >= 0.6 is 0 Å². The fourth-order valence-electron chi connectivity index (χ4n) is 3.18. The number of hydrogen-bond acceptors (Lipinski definition) is 4. The Hall–Kier alpha value is -3.87. The Morgan fingerprint density at radius 1 is 1.00 bits per heavy atom. The van der Waals surface area contributed by atoms with Crippen LogP contribution in [0.5, 0.6) is 5.75 Å². The average Bonchev–Trinajstić information content (AvgIpc) is 3.16. The Kier molecular flexibility index (Phi) is 5.11. The number of aromatic nitrogens is 1. The molecule has 1 N–H and O–H groups in total. The summed E-state index contributed by atoms with van der Waals surface area (Å²) in [5.41, 5.74) is 1.90. The number of pyridine rings is 1. The van der Waals surface area contributed by atoms with Gasteiger partial charge in [0, 0.05) is 24.3 Å². The van der Waals surface area contributed by atoms with Crippen molar-refractivity contribution in [2.45, 2.75) is 0 Å². The molecule has 0 spiro atoms. The number of carbonyl (C=O) groups is 2. The number of ether oxygens (including phenoxy) is 1. The first kappa shape index (κ1) is 18.5. The van der Waals surface area contributed by atoms with Gasteiger partial charge in [-0.05, 0) is 42.5 Å². The van der Waals surface area contributed by atoms with E-state index in [1.807, 2.05) is 30.3 Å². The third-order valence-corrected chi connectivity index (χ3v) is 4.69. The summed E-state index contributed by atoms with van der Waals surface area (Å²) in [5.74, 6) is 0.903. The molecule has 0 atom stereocenters. The molecule has 3 aromatic rings. The maximum absolute atomic E-state index is 12.7. The zero-order chi connectivity index (χ0) is 20.2. The minimum absolute atomic E-state index is 0.114. The van der Waals surface area contributed by atoms with Crippen LogP contribution in [0.1, 0.15) is 10.4 Å². The zero-order valence-electron chi connectivity index (χ0n) is 15.9. The van der Waals surface area contributed by atoms with E-state index < -0.39 is 0 Å². The number of amides is 3. The van der Waals surface area contributed by atoms with Gasteiger partial charge in [-0.1, -0.05) is 24.3 Å². The van der Waals surface area contributed by atoms with Gasteiger partial charge in [0.1, 0.15) is 11.6 Å². The molecule has 3 amide bonds. The molecule has 1 saturated heterocycles. The average molecular weight is 388 g/mol. The molecule has 1 aromatic heterocycles. The van der Waals surface area contributed by atoms with Crippen LogP contribution < -0.4 is 19.9 Å². The van der Waals surface area contributed by atoms with Gasteiger partial charge in [-0.15, -0.1) is 0 Å². The topological polar surface area (TPSA) is 74.8 Å². The van der Waals surface area contributed by atoms with Crippen molar-refractivity contribution in [2.24, 2.45) is 0 Å². The van der Waals surface area contributed by atoms with Gasteiger partial charge in [0.15, 0.2) is 0 Å². The van der Waals surface area contributed by atoms with Gasteiger partial charge < -0.3 is 10.1 Å². The number of nitrogens with zero attached hydrogens (tertiary/aromatic N) is 3. The van der Waals surface area contributed by atoms with Gasteiger partial charge in [-0.3, -0.25) is 14.6 Å². The van der Waals surface area contributed by atoms with Crippen LogP contribution in [0.3, 0.4) is 0 Å². The van der Waals surface area contributed by atoms with Crippen molar-refractivity contribution in [3.8, 4) is 5.75 Å². The summed E-state index contributed by atoms with van der Waals surface area (Å²) < 4.78 is 5.14. The van der Waals surface area contributed by atoms with Gasteiger partial charge in [-0.25, -0.2) is 9.78 Å². The largest absolute Gasteiger partial charge is 0.497 e. The minimum Gasteiger partial charge on any atom is -0.497 e. The van der Waals surface area contributed by atoms with Crippen molar-refractivity contribution in [1.82, 2.24) is 4.98 Å². The monoisotopic (exact) mass is 388 g/mol. The molecule has 1 fully saturated rings. The van der Waals surface area contributed by atoms with E-state index in [4.69, 9.17) is 4.74 Å². The van der Waals surface area contributed by atoms with Crippen molar-refractivity contribution in [1.29, 1.82) is 0 Å². The molecular formula is C22H20N4O3. The molecule has 2 aromatic carbocycles. The van der Waals surface area contributed by atoms with E-state index >= 15 is 0 Å². The lowest BCUT2D eigenvalue weighted by atomic mass is 10.2. The number of para-hydroxylation sites is 1. The number of methoxy groups -OCH3 is 1. The maximum atomic E-state index is 12.7. The van der Waals surface area contributed by atoms with Crippen molar-refractivity contribution in [3.63, 3.8) is 0 Å². The van der Waals surface area contributed by atoms with Gasteiger partial charge in [-0.2, -0.15) is 0 Å². The van der Waals surface area contributed by atoms with E-state index in [0.29, 0.717) is 35.9 Å². The fraction of sp³-hybridized carbons (Fsp3) is 0.136. The van der Waals surface area contributed by atoms with Crippen molar-refractivity contribution < 1.29 is 14.3 Å². The lowest BCUT2D eigenvalue weighted by molar-refractivity contribution is 0.102. The molecule has 0 aliphatic carbocycles. The van der Waals surface area contributed by atoms with Crippen LogP contribution in [0.4, 0.5) is 22.0 Å². The van der Waals surface area contributed by atoms with Crippen molar-refractivity contribution >= 4 is 29.1 Å². The summed E-state index contributed by atoms with van der Waals surface area (Å²) in [4.78, 5) is 32.9. The molecule has 29 heavy (non-hydrogen) atoms. The Bertz CT molecular complexity index is 1020. The van der Waals surface area contributed by atoms with E-state index in [2.05, 4.69) is 10.3 Å². The lowest BCUT2D eigenvalue weighted by Crippen LogP contribution is -2.32. The second-order valence-electron chi connectivity index (χ2n) is 6.51. The summed E-state index contributed by atoms with van der Waals surface area (Å²) >= 11 is 0. The second kappa shape index (κ2) is 8.02. The predicted molar refractivity (Wildman–Crippen MR) is 112 cm³/mol. The fourth-order valence-corrected chi connectivity index (χ4v) is 3.18. The Morgan fingerprint density at radius 2 is 1.79 bits per heavy atom. The van der Waals surface area contributed by atoms with Gasteiger partial charge in [0.05, 0.1) is 19.0 Å².